The molecule has 110 valence electrons. The van der Waals surface area contributed by atoms with Crippen molar-refractivity contribution < 1.29 is 9.18 Å². The topological polar surface area (TPSA) is 20.3 Å². The molecule has 0 bridgehead atoms. The van der Waals surface area contributed by atoms with E-state index in [1.165, 1.54) is 11.0 Å². The Morgan fingerprint density at radius 2 is 1.90 bits per heavy atom. The minimum Gasteiger partial charge on any atom is -0.335 e. The molecule has 0 saturated carbocycles. The van der Waals surface area contributed by atoms with E-state index in [2.05, 4.69) is 0 Å². The van der Waals surface area contributed by atoms with E-state index in [1.54, 1.807) is 25.2 Å². The summed E-state index contributed by atoms with van der Waals surface area (Å²) in [4.78, 5) is 14.0. The molecule has 0 saturated heterocycles. The maximum Gasteiger partial charge on any atom is 0.257 e. The van der Waals surface area contributed by atoms with Gasteiger partial charge in [-0.1, -0.05) is 41.4 Å². The Kier molecular flexibility index (Phi) is 4.63. The number of halogens is 2. The van der Waals surface area contributed by atoms with Crippen LogP contribution in [0.4, 0.5) is 4.39 Å². The van der Waals surface area contributed by atoms with E-state index in [9.17, 15) is 9.18 Å². The highest BCUT2D eigenvalue weighted by atomic mass is 35.5. The van der Waals surface area contributed by atoms with E-state index in [4.69, 9.17) is 11.6 Å². The highest BCUT2D eigenvalue weighted by molar-refractivity contribution is 6.31. The summed E-state index contributed by atoms with van der Waals surface area (Å²) in [5, 5.41) is 0.592. The Morgan fingerprint density at radius 3 is 2.57 bits per heavy atom. The molecule has 0 radical (unpaired) electrons. The van der Waals surface area contributed by atoms with Gasteiger partial charge in [-0.3, -0.25) is 4.79 Å². The zero-order valence-corrected chi connectivity index (χ0v) is 13.0. The summed E-state index contributed by atoms with van der Waals surface area (Å²) in [7, 11) is 1.65. The van der Waals surface area contributed by atoms with Gasteiger partial charge in [0.1, 0.15) is 5.82 Å². The largest absolute Gasteiger partial charge is 0.335 e. The second-order valence-electron chi connectivity index (χ2n) is 5.10. The van der Waals surface area contributed by atoms with E-state index < -0.39 is 5.82 Å². The predicted molar refractivity (Wildman–Crippen MR) is 83.1 cm³/mol. The number of benzene rings is 2. The monoisotopic (exact) mass is 305 g/mol. The van der Waals surface area contributed by atoms with Crippen molar-refractivity contribution in [3.8, 4) is 0 Å². The summed E-state index contributed by atoms with van der Waals surface area (Å²) in [6, 6.07) is 11.6. The molecule has 2 aromatic carbocycles. The fraction of sp³-hybridized carbons (Fsp3) is 0.235. The molecule has 0 aliphatic carbocycles. The Balaban J connectivity index is 2.31. The van der Waals surface area contributed by atoms with Crippen LogP contribution >= 0.6 is 11.6 Å². The first-order chi connectivity index (χ1) is 9.91. The van der Waals surface area contributed by atoms with Crippen molar-refractivity contribution in [3.63, 3.8) is 0 Å². The van der Waals surface area contributed by atoms with E-state index in [0.717, 1.165) is 11.1 Å². The molecule has 0 fully saturated rings. The Labute approximate surface area is 129 Å². The van der Waals surface area contributed by atoms with Gasteiger partial charge in [0.05, 0.1) is 11.6 Å². The molecule has 2 rings (SSSR count). The van der Waals surface area contributed by atoms with Crippen molar-refractivity contribution in [1.29, 1.82) is 0 Å². The molecular formula is C17H17ClFNO. The summed E-state index contributed by atoms with van der Waals surface area (Å²) < 4.78 is 13.9. The fourth-order valence-corrected chi connectivity index (χ4v) is 2.49. The highest BCUT2D eigenvalue weighted by Gasteiger charge is 2.22. The predicted octanol–water partition coefficient (Wildman–Crippen LogP) is 4.62. The zero-order chi connectivity index (χ0) is 15.6. The molecule has 4 heteroatoms. The second-order valence-corrected chi connectivity index (χ2v) is 5.50. The van der Waals surface area contributed by atoms with Crippen LogP contribution in [0.25, 0.3) is 0 Å². The van der Waals surface area contributed by atoms with Crippen molar-refractivity contribution in [1.82, 2.24) is 4.90 Å². The first-order valence-electron chi connectivity index (χ1n) is 6.69. The number of amides is 1. The molecule has 2 nitrogen and oxygen atoms in total. The van der Waals surface area contributed by atoms with Crippen LogP contribution in [0, 0.1) is 12.7 Å². The molecule has 1 atom stereocenters. The first kappa shape index (κ1) is 15.5. The molecule has 21 heavy (non-hydrogen) atoms. The number of hydrogen-bond acceptors (Lipinski definition) is 1. The van der Waals surface area contributed by atoms with Crippen LogP contribution in [-0.4, -0.2) is 17.9 Å². The van der Waals surface area contributed by atoms with Crippen molar-refractivity contribution in [3.05, 3.63) is 70.0 Å². The van der Waals surface area contributed by atoms with Gasteiger partial charge in [-0.25, -0.2) is 4.39 Å². The molecular weight excluding hydrogens is 289 g/mol. The van der Waals surface area contributed by atoms with Crippen molar-refractivity contribution >= 4 is 17.5 Å². The zero-order valence-electron chi connectivity index (χ0n) is 12.2. The molecule has 2 aromatic rings. The summed E-state index contributed by atoms with van der Waals surface area (Å²) >= 11 is 6.16. The van der Waals surface area contributed by atoms with Crippen LogP contribution in [0.15, 0.2) is 42.5 Å². The Bertz CT molecular complexity index is 672. The van der Waals surface area contributed by atoms with Crippen LogP contribution < -0.4 is 0 Å². The number of carbonyl (C=O) groups excluding carboxylic acids is 1. The normalized spacial score (nSPS) is 12.0. The van der Waals surface area contributed by atoms with Crippen LogP contribution in [0.3, 0.4) is 0 Å². The standard InChI is InChI=1S/C17H17ClFNO/c1-11-8-9-16(19)14(10-11)17(21)20(3)12(2)13-6-4-5-7-15(13)18/h4-10,12H,1-3H3. The highest BCUT2D eigenvalue weighted by Crippen LogP contribution is 2.27. The van der Waals surface area contributed by atoms with Crippen LogP contribution in [0.2, 0.25) is 5.02 Å². The van der Waals surface area contributed by atoms with Crippen molar-refractivity contribution in [2.45, 2.75) is 19.9 Å². The smallest absolute Gasteiger partial charge is 0.257 e. The van der Waals surface area contributed by atoms with Gasteiger partial charge < -0.3 is 4.90 Å². The van der Waals surface area contributed by atoms with Gasteiger partial charge >= 0.3 is 0 Å². The summed E-state index contributed by atoms with van der Waals surface area (Å²) in [6.07, 6.45) is 0. The SMILES string of the molecule is Cc1ccc(F)c(C(=O)N(C)C(C)c2ccccc2Cl)c1. The van der Waals surface area contributed by atoms with Crippen molar-refractivity contribution in [2.75, 3.05) is 7.05 Å². The molecule has 0 spiro atoms. The lowest BCUT2D eigenvalue weighted by atomic mass is 10.1. The third kappa shape index (κ3) is 3.24. The average Bonchev–Trinajstić information content (AvgIpc) is 2.48. The maximum atomic E-state index is 13.9. The molecule has 0 heterocycles. The third-order valence-corrected chi connectivity index (χ3v) is 3.95. The average molecular weight is 306 g/mol. The lowest BCUT2D eigenvalue weighted by Crippen LogP contribution is -2.30. The number of carbonyl (C=O) groups is 1. The summed E-state index contributed by atoms with van der Waals surface area (Å²) in [5.74, 6) is -0.868. The fourth-order valence-electron chi connectivity index (χ4n) is 2.19. The third-order valence-electron chi connectivity index (χ3n) is 3.61. The van der Waals surface area contributed by atoms with Gasteiger partial charge in [-0.2, -0.15) is 0 Å². The number of nitrogens with zero attached hydrogens (tertiary/aromatic N) is 1. The number of hydrogen-bond donors (Lipinski definition) is 0. The van der Waals surface area contributed by atoms with Crippen LogP contribution in [0.5, 0.6) is 0 Å². The quantitative estimate of drug-likeness (QED) is 0.810. The molecule has 0 N–H and O–H groups in total. The van der Waals surface area contributed by atoms with E-state index >= 15 is 0 Å². The summed E-state index contributed by atoms with van der Waals surface area (Å²) in [5.41, 5.74) is 1.76. The van der Waals surface area contributed by atoms with Crippen molar-refractivity contribution in [2.24, 2.45) is 0 Å². The minimum absolute atomic E-state index is 0.0800. The Morgan fingerprint density at radius 1 is 1.24 bits per heavy atom. The molecule has 0 aromatic heterocycles. The van der Waals surface area contributed by atoms with Crippen LogP contribution in [-0.2, 0) is 0 Å². The second kappa shape index (κ2) is 6.27. The van der Waals surface area contributed by atoms with Gasteiger partial charge in [0, 0.05) is 12.1 Å². The van der Waals surface area contributed by atoms with E-state index in [1.807, 2.05) is 32.0 Å². The minimum atomic E-state index is -0.510. The molecule has 0 aliphatic rings. The van der Waals surface area contributed by atoms with Gasteiger partial charge in [0.25, 0.3) is 5.91 Å². The van der Waals surface area contributed by atoms with E-state index in [-0.39, 0.29) is 17.5 Å². The maximum absolute atomic E-state index is 13.9. The molecule has 1 unspecified atom stereocenters. The van der Waals surface area contributed by atoms with Gasteiger partial charge in [-0.15, -0.1) is 0 Å². The first-order valence-corrected chi connectivity index (χ1v) is 7.07. The molecule has 0 aliphatic heterocycles. The summed E-state index contributed by atoms with van der Waals surface area (Å²) in [6.45, 7) is 3.69. The van der Waals surface area contributed by atoms with Gasteiger partial charge in [0.2, 0.25) is 0 Å². The molecule has 1 amide bonds. The number of aryl methyl sites for hydroxylation is 1. The lowest BCUT2D eigenvalue weighted by molar-refractivity contribution is 0.0738. The van der Waals surface area contributed by atoms with Gasteiger partial charge in [-0.05, 0) is 37.6 Å². The van der Waals surface area contributed by atoms with E-state index in [0.29, 0.717) is 5.02 Å². The Hall–Kier alpha value is -1.87. The number of rotatable bonds is 3. The van der Waals surface area contributed by atoms with Crippen LogP contribution in [0.1, 0.15) is 34.5 Å². The van der Waals surface area contributed by atoms with Gasteiger partial charge in [0.15, 0.2) is 0 Å². The lowest BCUT2D eigenvalue weighted by Gasteiger charge is -2.26.